The molecule has 1 aromatic carbocycles. The summed E-state index contributed by atoms with van der Waals surface area (Å²) in [5.74, 6) is -0.536. The molecule has 0 aliphatic carbocycles. The predicted octanol–water partition coefficient (Wildman–Crippen LogP) is 3.21. The van der Waals surface area contributed by atoms with E-state index in [-0.39, 0.29) is 0 Å². The maximum absolute atomic E-state index is 11.0. The van der Waals surface area contributed by atoms with Gasteiger partial charge in [-0.1, -0.05) is 11.6 Å². The molecule has 0 aliphatic heterocycles. The summed E-state index contributed by atoms with van der Waals surface area (Å²) in [5.41, 5.74) is 7.21. The number of benzene rings is 1. The quantitative estimate of drug-likeness (QED) is 0.898. The number of anilines is 1. The molecular formula is C13H11BrClN3O. The lowest BCUT2D eigenvalue weighted by molar-refractivity contribution is 0.100. The highest BCUT2D eigenvalue weighted by Gasteiger charge is 2.06. The Bertz CT molecular complexity index is 601. The highest BCUT2D eigenvalue weighted by Crippen LogP contribution is 2.21. The zero-order chi connectivity index (χ0) is 13.8. The van der Waals surface area contributed by atoms with Gasteiger partial charge in [-0.2, -0.15) is 0 Å². The van der Waals surface area contributed by atoms with E-state index in [2.05, 4.69) is 26.2 Å². The van der Waals surface area contributed by atoms with Crippen LogP contribution in [0.1, 0.15) is 16.1 Å². The lowest BCUT2D eigenvalue weighted by Crippen LogP contribution is -2.11. The van der Waals surface area contributed by atoms with E-state index < -0.39 is 5.91 Å². The highest BCUT2D eigenvalue weighted by molar-refractivity contribution is 9.10. The van der Waals surface area contributed by atoms with Gasteiger partial charge < -0.3 is 11.1 Å². The fraction of sp³-hybridized carbons (Fsp3) is 0.0769. The average molecular weight is 341 g/mol. The Morgan fingerprint density at radius 1 is 1.37 bits per heavy atom. The first-order valence-corrected chi connectivity index (χ1v) is 6.67. The lowest BCUT2D eigenvalue weighted by Gasteiger charge is -2.08. The van der Waals surface area contributed by atoms with Crippen LogP contribution >= 0.6 is 27.5 Å². The van der Waals surface area contributed by atoms with Crippen molar-refractivity contribution in [2.75, 3.05) is 5.32 Å². The third kappa shape index (κ3) is 3.68. The number of nitrogens with one attached hydrogen (secondary N) is 1. The molecule has 98 valence electrons. The maximum Gasteiger partial charge on any atom is 0.250 e. The zero-order valence-electron chi connectivity index (χ0n) is 9.86. The molecule has 19 heavy (non-hydrogen) atoms. The minimum atomic E-state index is -0.536. The van der Waals surface area contributed by atoms with Crippen LogP contribution in [0.3, 0.4) is 0 Å². The monoisotopic (exact) mass is 339 g/mol. The van der Waals surface area contributed by atoms with Gasteiger partial charge in [0.05, 0.1) is 22.8 Å². The van der Waals surface area contributed by atoms with Crippen molar-refractivity contribution in [3.8, 4) is 0 Å². The van der Waals surface area contributed by atoms with E-state index in [4.69, 9.17) is 17.3 Å². The first kappa shape index (κ1) is 13.8. The number of amides is 1. The Hall–Kier alpha value is -1.59. The van der Waals surface area contributed by atoms with E-state index in [9.17, 15) is 4.79 Å². The first-order valence-electron chi connectivity index (χ1n) is 5.50. The molecule has 1 aromatic heterocycles. The van der Waals surface area contributed by atoms with Crippen LogP contribution < -0.4 is 11.1 Å². The van der Waals surface area contributed by atoms with Crippen molar-refractivity contribution in [2.45, 2.75) is 6.54 Å². The molecule has 0 spiro atoms. The fourth-order valence-corrected chi connectivity index (χ4v) is 2.04. The van der Waals surface area contributed by atoms with Crippen LogP contribution in [0.15, 0.2) is 41.0 Å². The number of carbonyl (C=O) groups excluding carboxylic acids is 1. The van der Waals surface area contributed by atoms with Crippen LogP contribution in [0.5, 0.6) is 0 Å². The SMILES string of the molecule is NC(=O)c1ccc(NCc2ccc(Br)cn2)cc1Cl. The minimum Gasteiger partial charge on any atom is -0.379 e. The van der Waals surface area contributed by atoms with E-state index in [1.165, 1.54) is 0 Å². The van der Waals surface area contributed by atoms with Crippen molar-refractivity contribution >= 4 is 39.1 Å². The van der Waals surface area contributed by atoms with Crippen molar-refractivity contribution in [2.24, 2.45) is 5.73 Å². The molecule has 2 aromatic rings. The fourth-order valence-electron chi connectivity index (χ4n) is 1.53. The van der Waals surface area contributed by atoms with Gasteiger partial charge >= 0.3 is 0 Å². The van der Waals surface area contributed by atoms with Crippen molar-refractivity contribution in [1.82, 2.24) is 4.98 Å². The number of aromatic nitrogens is 1. The van der Waals surface area contributed by atoms with E-state index in [0.29, 0.717) is 17.1 Å². The van der Waals surface area contributed by atoms with Crippen LogP contribution in [0.4, 0.5) is 5.69 Å². The molecule has 0 saturated heterocycles. The molecule has 0 bridgehead atoms. The smallest absolute Gasteiger partial charge is 0.250 e. The third-order valence-corrected chi connectivity index (χ3v) is 3.28. The number of hydrogen-bond acceptors (Lipinski definition) is 3. The number of nitrogens with zero attached hydrogens (tertiary/aromatic N) is 1. The molecule has 0 unspecified atom stereocenters. The van der Waals surface area contributed by atoms with Crippen LogP contribution in [-0.2, 0) is 6.54 Å². The first-order chi connectivity index (χ1) is 9.06. The van der Waals surface area contributed by atoms with E-state index in [0.717, 1.165) is 15.9 Å². The molecular weight excluding hydrogens is 330 g/mol. The number of halogens is 2. The molecule has 4 nitrogen and oxygen atoms in total. The molecule has 0 atom stereocenters. The summed E-state index contributed by atoms with van der Waals surface area (Å²) >= 11 is 9.29. The summed E-state index contributed by atoms with van der Waals surface area (Å²) in [6.07, 6.45) is 1.74. The standard InChI is InChI=1S/C13H11BrClN3O/c14-8-1-2-10(17-6-8)7-18-9-3-4-11(13(16)19)12(15)5-9/h1-6,18H,7H2,(H2,16,19). The van der Waals surface area contributed by atoms with Gasteiger partial charge in [-0.25, -0.2) is 0 Å². The van der Waals surface area contributed by atoms with Gasteiger partial charge in [0.25, 0.3) is 0 Å². The van der Waals surface area contributed by atoms with Crippen LogP contribution in [0.25, 0.3) is 0 Å². The molecule has 0 fully saturated rings. The van der Waals surface area contributed by atoms with Gasteiger partial charge in [-0.15, -0.1) is 0 Å². The highest BCUT2D eigenvalue weighted by atomic mass is 79.9. The van der Waals surface area contributed by atoms with Crippen LogP contribution in [0, 0.1) is 0 Å². The normalized spacial score (nSPS) is 10.2. The maximum atomic E-state index is 11.0. The van der Waals surface area contributed by atoms with Crippen LogP contribution in [0.2, 0.25) is 5.02 Å². The number of hydrogen-bond donors (Lipinski definition) is 2. The summed E-state index contributed by atoms with van der Waals surface area (Å²) in [5, 5.41) is 3.51. The molecule has 0 aliphatic rings. The number of rotatable bonds is 4. The van der Waals surface area contributed by atoms with Gasteiger partial charge in [0.15, 0.2) is 0 Å². The number of pyridine rings is 1. The molecule has 0 saturated carbocycles. The Morgan fingerprint density at radius 3 is 2.74 bits per heavy atom. The predicted molar refractivity (Wildman–Crippen MR) is 79.2 cm³/mol. The summed E-state index contributed by atoms with van der Waals surface area (Å²) in [7, 11) is 0. The van der Waals surface area contributed by atoms with Crippen LogP contribution in [-0.4, -0.2) is 10.9 Å². The Kier molecular flexibility index (Phi) is 4.39. The molecule has 2 rings (SSSR count). The largest absolute Gasteiger partial charge is 0.379 e. The molecule has 1 heterocycles. The number of carbonyl (C=O) groups is 1. The lowest BCUT2D eigenvalue weighted by atomic mass is 10.2. The number of nitrogens with two attached hydrogens (primary N) is 1. The summed E-state index contributed by atoms with van der Waals surface area (Å²) in [6, 6.07) is 8.86. The second kappa shape index (κ2) is 6.04. The molecule has 3 N–H and O–H groups in total. The summed E-state index contributed by atoms with van der Waals surface area (Å²) in [4.78, 5) is 15.3. The van der Waals surface area contributed by atoms with Crippen molar-refractivity contribution < 1.29 is 4.79 Å². The zero-order valence-corrected chi connectivity index (χ0v) is 12.2. The van der Waals surface area contributed by atoms with E-state index >= 15 is 0 Å². The van der Waals surface area contributed by atoms with Gasteiger partial charge in [0.2, 0.25) is 5.91 Å². The second-order valence-corrected chi connectivity index (χ2v) is 5.20. The van der Waals surface area contributed by atoms with E-state index in [1.54, 1.807) is 24.4 Å². The Balaban J connectivity index is 2.06. The van der Waals surface area contributed by atoms with Gasteiger partial charge in [-0.3, -0.25) is 9.78 Å². The topological polar surface area (TPSA) is 68.0 Å². The number of primary amides is 1. The Labute approximate surface area is 124 Å². The van der Waals surface area contributed by atoms with Gasteiger partial charge in [0, 0.05) is 16.4 Å². The van der Waals surface area contributed by atoms with E-state index in [1.807, 2.05) is 12.1 Å². The molecule has 0 radical (unpaired) electrons. The Morgan fingerprint density at radius 2 is 2.16 bits per heavy atom. The van der Waals surface area contributed by atoms with Crippen molar-refractivity contribution in [3.05, 3.63) is 57.3 Å². The second-order valence-electron chi connectivity index (χ2n) is 3.88. The summed E-state index contributed by atoms with van der Waals surface area (Å²) < 4.78 is 0.935. The minimum absolute atomic E-state index is 0.314. The van der Waals surface area contributed by atoms with Crippen molar-refractivity contribution in [1.29, 1.82) is 0 Å². The van der Waals surface area contributed by atoms with Crippen molar-refractivity contribution in [3.63, 3.8) is 0 Å². The third-order valence-electron chi connectivity index (χ3n) is 2.50. The van der Waals surface area contributed by atoms with Gasteiger partial charge in [-0.05, 0) is 46.3 Å². The van der Waals surface area contributed by atoms with Gasteiger partial charge in [0.1, 0.15) is 0 Å². The average Bonchev–Trinajstić information content (AvgIpc) is 2.37. The molecule has 1 amide bonds. The molecule has 6 heteroatoms. The summed E-state index contributed by atoms with van der Waals surface area (Å²) in [6.45, 7) is 0.569.